The number of nitrogens with zero attached hydrogens (tertiary/aromatic N) is 2. The predicted molar refractivity (Wildman–Crippen MR) is 59.5 cm³/mol. The molecule has 15 heavy (non-hydrogen) atoms. The van der Waals surface area contributed by atoms with Gasteiger partial charge in [0.05, 0.1) is 12.3 Å². The third-order valence-electron chi connectivity index (χ3n) is 3.18. The lowest BCUT2D eigenvalue weighted by atomic mass is 10.2. The zero-order chi connectivity index (χ0) is 10.7. The summed E-state index contributed by atoms with van der Waals surface area (Å²) in [6.45, 7) is 4.32. The van der Waals surface area contributed by atoms with E-state index in [2.05, 4.69) is 22.9 Å². The molecule has 82 valence electrons. The summed E-state index contributed by atoms with van der Waals surface area (Å²) < 4.78 is 0. The van der Waals surface area contributed by atoms with Crippen molar-refractivity contribution in [2.45, 2.75) is 32.4 Å². The number of hydrogen-bond donors (Lipinski definition) is 1. The zero-order valence-electron chi connectivity index (χ0n) is 9.19. The van der Waals surface area contributed by atoms with Gasteiger partial charge in [0.1, 0.15) is 0 Å². The summed E-state index contributed by atoms with van der Waals surface area (Å²) in [7, 11) is 0. The first-order valence-corrected chi connectivity index (χ1v) is 5.56. The Bertz CT molecular complexity index is 327. The highest BCUT2D eigenvalue weighted by atomic mass is 16.3. The van der Waals surface area contributed by atoms with Crippen molar-refractivity contribution >= 4 is 0 Å². The van der Waals surface area contributed by atoms with E-state index in [9.17, 15) is 5.11 Å². The third-order valence-corrected chi connectivity index (χ3v) is 3.18. The summed E-state index contributed by atoms with van der Waals surface area (Å²) in [6.07, 6.45) is 4.14. The molecule has 0 radical (unpaired) electrons. The Hall–Kier alpha value is -0.930. The first-order chi connectivity index (χ1) is 7.31. The topological polar surface area (TPSA) is 36.4 Å². The van der Waals surface area contributed by atoms with Gasteiger partial charge in [0.25, 0.3) is 0 Å². The quantitative estimate of drug-likeness (QED) is 0.811. The highest BCUT2D eigenvalue weighted by molar-refractivity contribution is 5.17. The van der Waals surface area contributed by atoms with Crippen LogP contribution in [0.1, 0.15) is 24.1 Å². The fourth-order valence-corrected chi connectivity index (χ4v) is 2.19. The number of likely N-dealkylation sites (tertiary alicyclic amines) is 1. The van der Waals surface area contributed by atoms with Crippen LogP contribution in [0.4, 0.5) is 0 Å². The minimum atomic E-state index is 0.270. The number of aryl methyl sites for hydroxylation is 1. The summed E-state index contributed by atoms with van der Waals surface area (Å²) in [5.74, 6) is 0. The van der Waals surface area contributed by atoms with Gasteiger partial charge in [-0.05, 0) is 37.9 Å². The van der Waals surface area contributed by atoms with Crippen LogP contribution in [0.15, 0.2) is 18.3 Å². The van der Waals surface area contributed by atoms with Crippen molar-refractivity contribution in [1.82, 2.24) is 9.88 Å². The Kier molecular flexibility index (Phi) is 3.34. The van der Waals surface area contributed by atoms with Gasteiger partial charge in [-0.15, -0.1) is 0 Å². The first kappa shape index (κ1) is 10.6. The third kappa shape index (κ3) is 2.36. The standard InChI is InChI=1S/C12H18N2O/c1-10-4-2-6-13-12(10)8-14-7-3-5-11(14)9-15/h2,4,6,11,15H,3,5,7-9H2,1H3/t11-/m1/s1. The maximum atomic E-state index is 9.22. The molecule has 1 fully saturated rings. The van der Waals surface area contributed by atoms with Crippen molar-refractivity contribution in [3.05, 3.63) is 29.6 Å². The van der Waals surface area contributed by atoms with E-state index in [-0.39, 0.29) is 6.61 Å². The lowest BCUT2D eigenvalue weighted by molar-refractivity contribution is 0.152. The number of aromatic nitrogens is 1. The Labute approximate surface area is 90.8 Å². The summed E-state index contributed by atoms with van der Waals surface area (Å²) >= 11 is 0. The van der Waals surface area contributed by atoms with E-state index in [1.807, 2.05) is 12.3 Å². The van der Waals surface area contributed by atoms with Crippen LogP contribution in [0, 0.1) is 6.92 Å². The summed E-state index contributed by atoms with van der Waals surface area (Å²) in [5.41, 5.74) is 2.37. The minimum Gasteiger partial charge on any atom is -0.395 e. The van der Waals surface area contributed by atoms with E-state index in [0.717, 1.165) is 25.2 Å². The number of aliphatic hydroxyl groups is 1. The molecule has 0 unspecified atom stereocenters. The van der Waals surface area contributed by atoms with Crippen molar-refractivity contribution in [2.75, 3.05) is 13.2 Å². The molecule has 1 atom stereocenters. The molecule has 0 aromatic carbocycles. The second-order valence-corrected chi connectivity index (χ2v) is 4.22. The molecule has 1 aromatic heterocycles. The largest absolute Gasteiger partial charge is 0.395 e. The van der Waals surface area contributed by atoms with Gasteiger partial charge in [0.2, 0.25) is 0 Å². The van der Waals surface area contributed by atoms with E-state index in [4.69, 9.17) is 0 Å². The monoisotopic (exact) mass is 206 g/mol. The molecule has 3 heteroatoms. The molecular formula is C12H18N2O. The highest BCUT2D eigenvalue weighted by Crippen LogP contribution is 2.19. The zero-order valence-corrected chi connectivity index (χ0v) is 9.19. The molecule has 2 rings (SSSR count). The fourth-order valence-electron chi connectivity index (χ4n) is 2.19. The van der Waals surface area contributed by atoms with Crippen molar-refractivity contribution in [1.29, 1.82) is 0 Å². The van der Waals surface area contributed by atoms with Gasteiger partial charge in [-0.25, -0.2) is 0 Å². The van der Waals surface area contributed by atoms with Gasteiger partial charge in [-0.2, -0.15) is 0 Å². The van der Waals surface area contributed by atoms with E-state index >= 15 is 0 Å². The molecule has 1 saturated heterocycles. The molecule has 0 bridgehead atoms. The Morgan fingerprint density at radius 3 is 3.20 bits per heavy atom. The van der Waals surface area contributed by atoms with Crippen LogP contribution < -0.4 is 0 Å². The van der Waals surface area contributed by atoms with Crippen LogP contribution in [0.2, 0.25) is 0 Å². The molecule has 1 aromatic rings. The van der Waals surface area contributed by atoms with Crippen LogP contribution >= 0.6 is 0 Å². The second kappa shape index (κ2) is 4.73. The fraction of sp³-hybridized carbons (Fsp3) is 0.583. The van der Waals surface area contributed by atoms with E-state index in [1.54, 1.807) is 0 Å². The average Bonchev–Trinajstić information content (AvgIpc) is 2.69. The maximum Gasteiger partial charge on any atom is 0.0587 e. The summed E-state index contributed by atoms with van der Waals surface area (Å²) in [5, 5.41) is 9.22. The van der Waals surface area contributed by atoms with Crippen LogP contribution in [-0.4, -0.2) is 34.2 Å². The van der Waals surface area contributed by atoms with E-state index in [0.29, 0.717) is 6.04 Å². The molecule has 0 aliphatic carbocycles. The predicted octanol–water partition coefficient (Wildman–Crippen LogP) is 1.35. The van der Waals surface area contributed by atoms with Gasteiger partial charge >= 0.3 is 0 Å². The van der Waals surface area contributed by atoms with Crippen molar-refractivity contribution in [3.8, 4) is 0 Å². The van der Waals surface area contributed by atoms with E-state index < -0.39 is 0 Å². The minimum absolute atomic E-state index is 0.270. The second-order valence-electron chi connectivity index (χ2n) is 4.22. The molecule has 3 nitrogen and oxygen atoms in total. The van der Waals surface area contributed by atoms with Gasteiger partial charge < -0.3 is 5.11 Å². The number of aliphatic hydroxyl groups excluding tert-OH is 1. The normalized spacial score (nSPS) is 22.1. The van der Waals surface area contributed by atoms with E-state index in [1.165, 1.54) is 12.0 Å². The lowest BCUT2D eigenvalue weighted by Crippen LogP contribution is -2.32. The van der Waals surface area contributed by atoms with Crippen LogP contribution in [0.3, 0.4) is 0 Å². The SMILES string of the molecule is Cc1cccnc1CN1CCC[C@@H]1CO. The molecule has 0 saturated carbocycles. The smallest absolute Gasteiger partial charge is 0.0587 e. The molecule has 1 N–H and O–H groups in total. The molecule has 1 aliphatic rings. The maximum absolute atomic E-state index is 9.22. The van der Waals surface area contributed by atoms with Gasteiger partial charge in [-0.1, -0.05) is 6.07 Å². The highest BCUT2D eigenvalue weighted by Gasteiger charge is 2.24. The summed E-state index contributed by atoms with van der Waals surface area (Å²) in [6, 6.07) is 4.39. The van der Waals surface area contributed by atoms with Gasteiger partial charge in [0.15, 0.2) is 0 Å². The molecular weight excluding hydrogens is 188 g/mol. The lowest BCUT2D eigenvalue weighted by Gasteiger charge is -2.22. The van der Waals surface area contributed by atoms with Gasteiger partial charge in [-0.3, -0.25) is 9.88 Å². The Morgan fingerprint density at radius 1 is 1.60 bits per heavy atom. The number of hydrogen-bond acceptors (Lipinski definition) is 3. The number of rotatable bonds is 3. The molecule has 2 heterocycles. The molecule has 1 aliphatic heterocycles. The first-order valence-electron chi connectivity index (χ1n) is 5.56. The van der Waals surface area contributed by atoms with Crippen LogP contribution in [-0.2, 0) is 6.54 Å². The summed E-state index contributed by atoms with van der Waals surface area (Å²) in [4.78, 5) is 6.72. The molecule has 0 amide bonds. The van der Waals surface area contributed by atoms with Crippen molar-refractivity contribution < 1.29 is 5.11 Å². The van der Waals surface area contributed by atoms with Crippen molar-refractivity contribution in [3.63, 3.8) is 0 Å². The van der Waals surface area contributed by atoms with Gasteiger partial charge in [0, 0.05) is 18.8 Å². The number of pyridine rings is 1. The van der Waals surface area contributed by atoms with Crippen LogP contribution in [0.5, 0.6) is 0 Å². The van der Waals surface area contributed by atoms with Crippen LogP contribution in [0.25, 0.3) is 0 Å². The average molecular weight is 206 g/mol. The Morgan fingerprint density at radius 2 is 2.47 bits per heavy atom. The molecule has 0 spiro atoms. The Balaban J connectivity index is 2.05. The van der Waals surface area contributed by atoms with Crippen molar-refractivity contribution in [2.24, 2.45) is 0 Å².